The summed E-state index contributed by atoms with van der Waals surface area (Å²) in [4.78, 5) is 30.5. The molecule has 2 fully saturated rings. The summed E-state index contributed by atoms with van der Waals surface area (Å²) in [6, 6.07) is 4.38. The molecule has 0 saturated carbocycles. The highest BCUT2D eigenvalue weighted by molar-refractivity contribution is 7.10. The molecule has 25 heavy (non-hydrogen) atoms. The molecule has 1 aromatic rings. The van der Waals surface area contributed by atoms with E-state index in [2.05, 4.69) is 11.4 Å². The standard InChI is InChI=1S/C19H28N2O3S/c1-19(2,3)24-18(23)20-10-4-7-14(13-20)17(22)21-11-5-8-15(21)16-9-6-12-25-16/h6,9,12,14-15H,4-5,7-8,10-11,13H2,1-3H3/t14-,15-/m1/s1. The third kappa shape index (κ3) is 4.35. The lowest BCUT2D eigenvalue weighted by Gasteiger charge is -2.36. The van der Waals surface area contributed by atoms with Gasteiger partial charge in [-0.2, -0.15) is 0 Å². The number of carbonyl (C=O) groups excluding carboxylic acids is 2. The van der Waals surface area contributed by atoms with Gasteiger partial charge in [0.05, 0.1) is 12.0 Å². The van der Waals surface area contributed by atoms with E-state index >= 15 is 0 Å². The summed E-state index contributed by atoms with van der Waals surface area (Å²) in [5.41, 5.74) is -0.507. The molecule has 0 aliphatic carbocycles. The Morgan fingerprint density at radius 3 is 2.64 bits per heavy atom. The van der Waals surface area contributed by atoms with Crippen LogP contribution >= 0.6 is 11.3 Å². The molecule has 0 radical (unpaired) electrons. The number of rotatable bonds is 2. The topological polar surface area (TPSA) is 49.9 Å². The molecule has 2 atom stereocenters. The Bertz CT molecular complexity index is 609. The number of ether oxygens (including phenoxy) is 1. The monoisotopic (exact) mass is 364 g/mol. The number of amides is 2. The largest absolute Gasteiger partial charge is 0.444 e. The van der Waals surface area contributed by atoms with Crippen LogP contribution in [0.5, 0.6) is 0 Å². The average molecular weight is 365 g/mol. The van der Waals surface area contributed by atoms with Crippen molar-refractivity contribution in [3.8, 4) is 0 Å². The third-order valence-electron chi connectivity index (χ3n) is 4.83. The molecule has 0 aromatic carbocycles. The van der Waals surface area contributed by atoms with Gasteiger partial charge in [-0.25, -0.2) is 4.79 Å². The van der Waals surface area contributed by atoms with Crippen molar-refractivity contribution in [1.82, 2.24) is 9.80 Å². The van der Waals surface area contributed by atoms with E-state index in [0.717, 1.165) is 32.2 Å². The molecule has 138 valence electrons. The molecule has 1 aromatic heterocycles. The molecule has 2 amide bonds. The lowest BCUT2D eigenvalue weighted by molar-refractivity contribution is -0.138. The van der Waals surface area contributed by atoms with Crippen LogP contribution in [0.4, 0.5) is 4.79 Å². The third-order valence-corrected chi connectivity index (χ3v) is 5.80. The molecule has 2 aliphatic rings. The van der Waals surface area contributed by atoms with Gasteiger partial charge in [-0.3, -0.25) is 4.79 Å². The quantitative estimate of drug-likeness (QED) is 0.795. The first kappa shape index (κ1) is 18.2. The molecule has 0 N–H and O–H groups in total. The van der Waals surface area contributed by atoms with Gasteiger partial charge in [-0.05, 0) is 57.9 Å². The normalized spacial score (nSPS) is 24.4. The van der Waals surface area contributed by atoms with E-state index in [0.29, 0.717) is 13.1 Å². The fourth-order valence-corrected chi connectivity index (χ4v) is 4.59. The summed E-state index contributed by atoms with van der Waals surface area (Å²) in [5.74, 6) is 0.0889. The van der Waals surface area contributed by atoms with Gasteiger partial charge in [0.25, 0.3) is 0 Å². The van der Waals surface area contributed by atoms with Crippen molar-refractivity contribution < 1.29 is 14.3 Å². The Morgan fingerprint density at radius 2 is 1.96 bits per heavy atom. The van der Waals surface area contributed by atoms with Crippen LogP contribution in [0.25, 0.3) is 0 Å². The van der Waals surface area contributed by atoms with Gasteiger partial charge in [0.1, 0.15) is 5.60 Å². The Kier molecular flexibility index (Phi) is 5.37. The molecular weight excluding hydrogens is 336 g/mol. The molecule has 6 heteroatoms. The highest BCUT2D eigenvalue weighted by atomic mass is 32.1. The van der Waals surface area contributed by atoms with Crippen molar-refractivity contribution in [3.63, 3.8) is 0 Å². The lowest BCUT2D eigenvalue weighted by Crippen LogP contribution is -2.47. The Hall–Kier alpha value is -1.56. The second-order valence-corrected chi connectivity index (χ2v) is 8.95. The van der Waals surface area contributed by atoms with Crippen molar-refractivity contribution in [2.45, 2.75) is 58.1 Å². The maximum atomic E-state index is 13.1. The summed E-state index contributed by atoms with van der Waals surface area (Å²) in [7, 11) is 0. The van der Waals surface area contributed by atoms with Crippen molar-refractivity contribution in [3.05, 3.63) is 22.4 Å². The number of nitrogens with zero attached hydrogens (tertiary/aromatic N) is 2. The molecule has 0 spiro atoms. The van der Waals surface area contributed by atoms with E-state index in [4.69, 9.17) is 4.74 Å². The fourth-order valence-electron chi connectivity index (χ4n) is 3.71. The fraction of sp³-hybridized carbons (Fsp3) is 0.684. The van der Waals surface area contributed by atoms with Crippen LogP contribution in [-0.2, 0) is 9.53 Å². The molecule has 3 rings (SSSR count). The van der Waals surface area contributed by atoms with Gasteiger partial charge in [0.15, 0.2) is 0 Å². The van der Waals surface area contributed by atoms with Crippen LogP contribution < -0.4 is 0 Å². The van der Waals surface area contributed by atoms with E-state index in [-0.39, 0.29) is 24.0 Å². The first-order valence-electron chi connectivity index (χ1n) is 9.17. The van der Waals surface area contributed by atoms with E-state index in [1.165, 1.54) is 4.88 Å². The van der Waals surface area contributed by atoms with Crippen LogP contribution in [0.1, 0.15) is 57.4 Å². The maximum absolute atomic E-state index is 13.1. The van der Waals surface area contributed by atoms with E-state index < -0.39 is 5.60 Å². The van der Waals surface area contributed by atoms with Crippen molar-refractivity contribution in [2.24, 2.45) is 5.92 Å². The molecular formula is C19H28N2O3S. The zero-order chi connectivity index (χ0) is 18.0. The molecule has 2 aliphatic heterocycles. The highest BCUT2D eigenvalue weighted by Gasteiger charge is 2.37. The number of hydrogen-bond donors (Lipinski definition) is 0. The molecule has 2 saturated heterocycles. The zero-order valence-corrected chi connectivity index (χ0v) is 16.2. The summed E-state index contributed by atoms with van der Waals surface area (Å²) < 4.78 is 5.47. The minimum atomic E-state index is -0.507. The first-order valence-corrected chi connectivity index (χ1v) is 10.0. The van der Waals surface area contributed by atoms with Crippen molar-refractivity contribution in [2.75, 3.05) is 19.6 Å². The second-order valence-electron chi connectivity index (χ2n) is 7.97. The Morgan fingerprint density at radius 1 is 1.20 bits per heavy atom. The number of likely N-dealkylation sites (tertiary alicyclic amines) is 2. The van der Waals surface area contributed by atoms with Crippen molar-refractivity contribution in [1.29, 1.82) is 0 Å². The van der Waals surface area contributed by atoms with Crippen LogP contribution in [0.2, 0.25) is 0 Å². The molecule has 5 nitrogen and oxygen atoms in total. The Balaban J connectivity index is 1.64. The lowest BCUT2D eigenvalue weighted by atomic mass is 9.96. The van der Waals surface area contributed by atoms with E-state index in [9.17, 15) is 9.59 Å². The van der Waals surface area contributed by atoms with Gasteiger partial charge in [0, 0.05) is 24.5 Å². The maximum Gasteiger partial charge on any atom is 0.410 e. The van der Waals surface area contributed by atoms with Crippen LogP contribution in [-0.4, -0.2) is 47.0 Å². The van der Waals surface area contributed by atoms with Crippen LogP contribution in [0, 0.1) is 5.92 Å². The van der Waals surface area contributed by atoms with Gasteiger partial charge in [-0.1, -0.05) is 6.07 Å². The van der Waals surface area contributed by atoms with Crippen LogP contribution in [0.3, 0.4) is 0 Å². The summed E-state index contributed by atoms with van der Waals surface area (Å²) in [5, 5.41) is 2.07. The second kappa shape index (κ2) is 7.36. The summed E-state index contributed by atoms with van der Waals surface area (Å²) >= 11 is 1.72. The predicted molar refractivity (Wildman–Crippen MR) is 98.5 cm³/mol. The minimum absolute atomic E-state index is 0.109. The van der Waals surface area contributed by atoms with E-state index in [1.54, 1.807) is 16.2 Å². The van der Waals surface area contributed by atoms with Crippen LogP contribution in [0.15, 0.2) is 17.5 Å². The number of hydrogen-bond acceptors (Lipinski definition) is 4. The van der Waals surface area contributed by atoms with Gasteiger partial charge >= 0.3 is 6.09 Å². The highest BCUT2D eigenvalue weighted by Crippen LogP contribution is 2.36. The predicted octanol–water partition coefficient (Wildman–Crippen LogP) is 4.06. The number of carbonyl (C=O) groups is 2. The smallest absolute Gasteiger partial charge is 0.410 e. The average Bonchev–Trinajstić information content (AvgIpc) is 3.23. The number of thiophene rings is 1. The summed E-state index contributed by atoms with van der Waals surface area (Å²) in [6.07, 6.45) is 3.49. The molecule has 0 unspecified atom stereocenters. The Labute approximate surface area is 153 Å². The minimum Gasteiger partial charge on any atom is -0.444 e. The molecule has 0 bridgehead atoms. The van der Waals surface area contributed by atoms with Crippen molar-refractivity contribution >= 4 is 23.3 Å². The van der Waals surface area contributed by atoms with Gasteiger partial charge < -0.3 is 14.5 Å². The van der Waals surface area contributed by atoms with Gasteiger partial charge in [0.2, 0.25) is 5.91 Å². The summed E-state index contributed by atoms with van der Waals surface area (Å²) in [6.45, 7) is 7.58. The SMILES string of the molecule is CC(C)(C)OC(=O)N1CCC[C@@H](C(=O)N2CCC[C@@H]2c2cccs2)C1. The van der Waals surface area contributed by atoms with E-state index in [1.807, 2.05) is 31.7 Å². The van der Waals surface area contributed by atoms with Gasteiger partial charge in [-0.15, -0.1) is 11.3 Å². The number of piperidine rings is 1. The zero-order valence-electron chi connectivity index (χ0n) is 15.4. The molecule has 3 heterocycles. The first-order chi connectivity index (χ1) is 11.8.